The summed E-state index contributed by atoms with van der Waals surface area (Å²) in [5.74, 6) is -0.534. The molecule has 3 rings (SSSR count). The molecule has 2 aromatic carbocycles. The molecule has 27 heavy (non-hydrogen) atoms. The summed E-state index contributed by atoms with van der Waals surface area (Å²) in [4.78, 5) is 12.4. The van der Waals surface area contributed by atoms with Crippen molar-refractivity contribution >= 4 is 45.3 Å². The third kappa shape index (κ3) is 4.50. The van der Waals surface area contributed by atoms with E-state index in [4.69, 9.17) is 23.2 Å². The number of hydrazone groups is 1. The van der Waals surface area contributed by atoms with E-state index in [-0.39, 0.29) is 10.5 Å². The first-order valence-electron chi connectivity index (χ1n) is 8.27. The van der Waals surface area contributed by atoms with Crippen molar-refractivity contribution in [2.24, 2.45) is 5.10 Å². The molecule has 1 saturated heterocycles. The Hall–Kier alpha value is -1.93. The summed E-state index contributed by atoms with van der Waals surface area (Å²) in [6, 6.07) is 10.9. The lowest BCUT2D eigenvalue weighted by Crippen LogP contribution is -2.28. The van der Waals surface area contributed by atoms with Gasteiger partial charge in [0.15, 0.2) is 0 Å². The first-order valence-corrected chi connectivity index (χ1v) is 10.5. The smallest absolute Gasteiger partial charge is 0.267 e. The lowest BCUT2D eigenvalue weighted by molar-refractivity contribution is 0.0955. The average molecular weight is 426 g/mol. The Morgan fingerprint density at radius 2 is 1.70 bits per heavy atom. The summed E-state index contributed by atoms with van der Waals surface area (Å²) in [5.41, 5.74) is 3.03. The number of hydrogen-bond donors (Lipinski definition) is 1. The standard InChI is InChI=1S/C18H17Cl2N3O3S/c19-16-7-4-8-17(20)15(16)12-21-22-18(24)13-5-3-6-14(11-13)27(25,26)23-9-1-2-10-23/h3-8,11-12H,1-2,9-10H2,(H,22,24)/b21-12+. The minimum atomic E-state index is -3.59. The van der Waals surface area contributed by atoms with Crippen molar-refractivity contribution in [2.75, 3.05) is 13.1 Å². The highest BCUT2D eigenvalue weighted by molar-refractivity contribution is 7.89. The Balaban J connectivity index is 1.75. The highest BCUT2D eigenvalue weighted by Crippen LogP contribution is 2.23. The van der Waals surface area contributed by atoms with Gasteiger partial charge in [0.2, 0.25) is 10.0 Å². The van der Waals surface area contributed by atoms with Crippen LogP contribution in [0.1, 0.15) is 28.8 Å². The van der Waals surface area contributed by atoms with Crippen LogP contribution in [0.3, 0.4) is 0 Å². The normalized spacial score (nSPS) is 15.3. The molecule has 1 heterocycles. The summed E-state index contributed by atoms with van der Waals surface area (Å²) in [5, 5.41) is 4.66. The minimum Gasteiger partial charge on any atom is -0.267 e. The first kappa shape index (κ1) is 19.8. The fraction of sp³-hybridized carbons (Fsp3) is 0.222. The highest BCUT2D eigenvalue weighted by atomic mass is 35.5. The lowest BCUT2D eigenvalue weighted by Gasteiger charge is -2.15. The van der Waals surface area contributed by atoms with Gasteiger partial charge in [-0.1, -0.05) is 35.3 Å². The zero-order valence-electron chi connectivity index (χ0n) is 14.2. The number of rotatable bonds is 5. The van der Waals surface area contributed by atoms with E-state index >= 15 is 0 Å². The molecular formula is C18H17Cl2N3O3S. The number of amides is 1. The van der Waals surface area contributed by atoms with Gasteiger partial charge in [0.1, 0.15) is 0 Å². The van der Waals surface area contributed by atoms with Crippen molar-refractivity contribution in [1.29, 1.82) is 0 Å². The number of halogens is 2. The van der Waals surface area contributed by atoms with Crippen LogP contribution in [0.5, 0.6) is 0 Å². The number of nitrogens with one attached hydrogen (secondary N) is 1. The molecule has 0 spiro atoms. The van der Waals surface area contributed by atoms with Crippen molar-refractivity contribution in [2.45, 2.75) is 17.7 Å². The molecule has 0 bridgehead atoms. The fourth-order valence-corrected chi connectivity index (χ4v) is 4.79. The van der Waals surface area contributed by atoms with Crippen LogP contribution in [0.15, 0.2) is 52.5 Å². The first-order chi connectivity index (χ1) is 12.9. The van der Waals surface area contributed by atoms with Crippen LogP contribution in [-0.4, -0.2) is 37.9 Å². The van der Waals surface area contributed by atoms with Gasteiger partial charge in [0.25, 0.3) is 5.91 Å². The Bertz CT molecular complexity index is 967. The van der Waals surface area contributed by atoms with E-state index in [0.717, 1.165) is 12.8 Å². The maximum atomic E-state index is 12.6. The maximum absolute atomic E-state index is 12.6. The molecule has 1 aliphatic heterocycles. The van der Waals surface area contributed by atoms with Crippen molar-refractivity contribution in [3.8, 4) is 0 Å². The van der Waals surface area contributed by atoms with Gasteiger partial charge in [-0.05, 0) is 43.2 Å². The summed E-state index contributed by atoms with van der Waals surface area (Å²) >= 11 is 12.1. The second-order valence-electron chi connectivity index (χ2n) is 5.97. The quantitative estimate of drug-likeness (QED) is 0.587. The number of sulfonamides is 1. The van der Waals surface area contributed by atoms with E-state index in [1.54, 1.807) is 18.2 Å². The van der Waals surface area contributed by atoms with Crippen LogP contribution in [0, 0.1) is 0 Å². The Kier molecular flexibility index (Phi) is 6.16. The van der Waals surface area contributed by atoms with Crippen LogP contribution >= 0.6 is 23.2 Å². The van der Waals surface area contributed by atoms with E-state index in [1.165, 1.54) is 34.8 Å². The largest absolute Gasteiger partial charge is 0.271 e. The predicted octanol–water partition coefficient (Wildman–Crippen LogP) is 3.54. The van der Waals surface area contributed by atoms with E-state index in [9.17, 15) is 13.2 Å². The summed E-state index contributed by atoms with van der Waals surface area (Å²) in [7, 11) is -3.59. The molecule has 1 amide bonds. The SMILES string of the molecule is O=C(N/N=C/c1c(Cl)cccc1Cl)c1cccc(S(=O)(=O)N2CCCC2)c1. The van der Waals surface area contributed by atoms with Crippen molar-refractivity contribution in [3.05, 3.63) is 63.6 Å². The van der Waals surface area contributed by atoms with Gasteiger partial charge < -0.3 is 0 Å². The number of nitrogens with zero attached hydrogens (tertiary/aromatic N) is 2. The molecule has 1 N–H and O–H groups in total. The Morgan fingerprint density at radius 1 is 1.07 bits per heavy atom. The molecule has 0 aromatic heterocycles. The van der Waals surface area contributed by atoms with E-state index in [1.807, 2.05) is 0 Å². The van der Waals surface area contributed by atoms with Crippen LogP contribution in [0.4, 0.5) is 0 Å². The van der Waals surface area contributed by atoms with Gasteiger partial charge in [0.05, 0.1) is 21.2 Å². The summed E-state index contributed by atoms with van der Waals surface area (Å²) < 4.78 is 26.7. The molecule has 142 valence electrons. The van der Waals surface area contributed by atoms with Crippen LogP contribution in [0.2, 0.25) is 10.0 Å². The van der Waals surface area contributed by atoms with Gasteiger partial charge in [-0.25, -0.2) is 13.8 Å². The monoisotopic (exact) mass is 425 g/mol. The molecular weight excluding hydrogens is 409 g/mol. The Morgan fingerprint density at radius 3 is 2.37 bits per heavy atom. The third-order valence-electron chi connectivity index (χ3n) is 4.16. The number of carbonyl (C=O) groups is 1. The second-order valence-corrected chi connectivity index (χ2v) is 8.73. The fourth-order valence-electron chi connectivity index (χ4n) is 2.73. The average Bonchev–Trinajstić information content (AvgIpc) is 3.20. The number of benzene rings is 2. The number of carbonyl (C=O) groups excluding carboxylic acids is 1. The molecule has 1 aliphatic rings. The predicted molar refractivity (Wildman–Crippen MR) is 106 cm³/mol. The van der Waals surface area contributed by atoms with Gasteiger partial charge >= 0.3 is 0 Å². The van der Waals surface area contributed by atoms with Crippen molar-refractivity contribution in [3.63, 3.8) is 0 Å². The van der Waals surface area contributed by atoms with Crippen LogP contribution in [-0.2, 0) is 10.0 Å². The van der Waals surface area contributed by atoms with E-state index in [2.05, 4.69) is 10.5 Å². The van der Waals surface area contributed by atoms with Crippen molar-refractivity contribution < 1.29 is 13.2 Å². The highest BCUT2D eigenvalue weighted by Gasteiger charge is 2.27. The van der Waals surface area contributed by atoms with Gasteiger partial charge in [0, 0.05) is 24.2 Å². The van der Waals surface area contributed by atoms with E-state index < -0.39 is 15.9 Å². The minimum absolute atomic E-state index is 0.0928. The molecule has 0 saturated carbocycles. The molecule has 2 aromatic rings. The Labute approximate surface area is 167 Å². The van der Waals surface area contributed by atoms with Gasteiger partial charge in [-0.2, -0.15) is 9.41 Å². The van der Waals surface area contributed by atoms with Gasteiger partial charge in [-0.15, -0.1) is 0 Å². The van der Waals surface area contributed by atoms with Crippen LogP contribution in [0.25, 0.3) is 0 Å². The summed E-state index contributed by atoms with van der Waals surface area (Å²) in [6.45, 7) is 1.00. The van der Waals surface area contributed by atoms with E-state index in [0.29, 0.717) is 28.7 Å². The lowest BCUT2D eigenvalue weighted by atomic mass is 10.2. The third-order valence-corrected chi connectivity index (χ3v) is 6.71. The zero-order valence-corrected chi connectivity index (χ0v) is 16.6. The molecule has 1 fully saturated rings. The molecule has 0 aliphatic carbocycles. The molecule has 9 heteroatoms. The topological polar surface area (TPSA) is 78.8 Å². The molecule has 0 radical (unpaired) electrons. The van der Waals surface area contributed by atoms with Gasteiger partial charge in [-0.3, -0.25) is 4.79 Å². The molecule has 0 unspecified atom stereocenters. The maximum Gasteiger partial charge on any atom is 0.271 e. The van der Waals surface area contributed by atoms with Crippen LogP contribution < -0.4 is 5.43 Å². The number of hydrogen-bond acceptors (Lipinski definition) is 4. The molecule has 0 atom stereocenters. The van der Waals surface area contributed by atoms with Crippen molar-refractivity contribution in [1.82, 2.24) is 9.73 Å². The molecule has 6 nitrogen and oxygen atoms in total. The zero-order chi connectivity index (χ0) is 19.4. The second kappa shape index (κ2) is 8.39. The summed E-state index contributed by atoms with van der Waals surface area (Å²) in [6.07, 6.45) is 3.03.